The number of hydrogen-bond donors (Lipinski definition) is 1. The molecule has 138 valence electrons. The van der Waals surface area contributed by atoms with Gasteiger partial charge in [-0.25, -0.2) is 14.6 Å². The molecule has 0 atom stereocenters. The maximum atomic E-state index is 12.6. The minimum Gasteiger partial charge on any atom is -0.494 e. The molecule has 26 heavy (non-hydrogen) atoms. The van der Waals surface area contributed by atoms with Gasteiger partial charge in [0.2, 0.25) is 5.89 Å². The Morgan fingerprint density at radius 2 is 2.04 bits per heavy atom. The lowest BCUT2D eigenvalue weighted by Gasteiger charge is -2.21. The molecule has 1 heterocycles. The molecule has 0 spiro atoms. The van der Waals surface area contributed by atoms with E-state index in [2.05, 4.69) is 15.0 Å². The van der Waals surface area contributed by atoms with Crippen molar-refractivity contribution in [3.8, 4) is 5.75 Å². The summed E-state index contributed by atoms with van der Waals surface area (Å²) in [6, 6.07) is 7.08. The second-order valence-electron chi connectivity index (χ2n) is 5.86. The van der Waals surface area contributed by atoms with Gasteiger partial charge in [0.25, 0.3) is 0 Å². The highest BCUT2D eigenvalue weighted by Crippen LogP contribution is 2.29. The SMILES string of the molecule is CCOc1ccc(NC(=O)N(Cc2nc(C(=O)OC)co2)C2CC2)cc1. The highest BCUT2D eigenvalue weighted by Gasteiger charge is 2.34. The molecule has 3 rings (SSSR count). The van der Waals surface area contributed by atoms with Gasteiger partial charge in [-0.1, -0.05) is 0 Å². The van der Waals surface area contributed by atoms with Crippen LogP contribution in [-0.4, -0.2) is 41.6 Å². The Morgan fingerprint density at radius 3 is 2.65 bits per heavy atom. The Bertz CT molecular complexity index is 767. The number of methoxy groups -OCH3 is 1. The predicted octanol–water partition coefficient (Wildman–Crippen LogP) is 3.06. The number of rotatable bonds is 7. The molecule has 1 aromatic carbocycles. The zero-order chi connectivity index (χ0) is 18.5. The molecule has 1 N–H and O–H groups in total. The number of urea groups is 1. The number of anilines is 1. The molecule has 0 aliphatic heterocycles. The van der Waals surface area contributed by atoms with Crippen LogP contribution in [0.3, 0.4) is 0 Å². The summed E-state index contributed by atoms with van der Waals surface area (Å²) in [5.41, 5.74) is 0.761. The molecular weight excluding hydrogens is 338 g/mol. The van der Waals surface area contributed by atoms with Gasteiger partial charge in [-0.05, 0) is 44.0 Å². The van der Waals surface area contributed by atoms with E-state index in [-0.39, 0.29) is 24.3 Å². The van der Waals surface area contributed by atoms with E-state index < -0.39 is 5.97 Å². The summed E-state index contributed by atoms with van der Waals surface area (Å²) >= 11 is 0. The molecule has 0 radical (unpaired) electrons. The summed E-state index contributed by atoms with van der Waals surface area (Å²) < 4.78 is 15.3. The number of oxazole rings is 1. The fraction of sp³-hybridized carbons (Fsp3) is 0.389. The lowest BCUT2D eigenvalue weighted by molar-refractivity contribution is 0.0594. The molecule has 0 bridgehead atoms. The van der Waals surface area contributed by atoms with Gasteiger partial charge in [-0.3, -0.25) is 0 Å². The van der Waals surface area contributed by atoms with Crippen LogP contribution < -0.4 is 10.1 Å². The first-order chi connectivity index (χ1) is 12.6. The molecule has 1 fully saturated rings. The van der Waals surface area contributed by atoms with Crippen LogP contribution in [0.2, 0.25) is 0 Å². The minimum absolute atomic E-state index is 0.0881. The van der Waals surface area contributed by atoms with Crippen LogP contribution in [0.15, 0.2) is 34.9 Å². The third kappa shape index (κ3) is 4.33. The van der Waals surface area contributed by atoms with Gasteiger partial charge in [-0.2, -0.15) is 0 Å². The maximum Gasteiger partial charge on any atom is 0.360 e. The average molecular weight is 359 g/mol. The Labute approximate surface area is 151 Å². The lowest BCUT2D eigenvalue weighted by Crippen LogP contribution is -2.36. The Hall–Kier alpha value is -3.03. The maximum absolute atomic E-state index is 12.6. The van der Waals surface area contributed by atoms with E-state index in [1.807, 2.05) is 6.92 Å². The number of carbonyl (C=O) groups excluding carboxylic acids is 2. The molecule has 0 saturated heterocycles. The zero-order valence-electron chi connectivity index (χ0n) is 14.7. The van der Waals surface area contributed by atoms with Gasteiger partial charge in [-0.15, -0.1) is 0 Å². The fourth-order valence-electron chi connectivity index (χ4n) is 2.48. The molecule has 2 amide bonds. The largest absolute Gasteiger partial charge is 0.494 e. The van der Waals surface area contributed by atoms with Crippen molar-refractivity contribution >= 4 is 17.7 Å². The number of amides is 2. The van der Waals surface area contributed by atoms with Crippen LogP contribution in [0.1, 0.15) is 36.1 Å². The minimum atomic E-state index is -0.572. The van der Waals surface area contributed by atoms with E-state index in [4.69, 9.17) is 9.15 Å². The molecular formula is C18H21N3O5. The Balaban J connectivity index is 1.64. The monoisotopic (exact) mass is 359 g/mol. The number of ether oxygens (including phenoxy) is 2. The lowest BCUT2D eigenvalue weighted by atomic mass is 10.3. The number of esters is 1. The molecule has 1 aliphatic rings. The number of hydrogen-bond acceptors (Lipinski definition) is 6. The van der Waals surface area contributed by atoms with Crippen molar-refractivity contribution < 1.29 is 23.5 Å². The van der Waals surface area contributed by atoms with Gasteiger partial charge in [0, 0.05) is 11.7 Å². The average Bonchev–Trinajstić information content (AvgIpc) is 3.38. The van der Waals surface area contributed by atoms with Crippen LogP contribution >= 0.6 is 0 Å². The molecule has 1 saturated carbocycles. The van der Waals surface area contributed by atoms with E-state index in [0.29, 0.717) is 18.2 Å². The third-order valence-electron chi connectivity index (χ3n) is 3.92. The van der Waals surface area contributed by atoms with Crippen LogP contribution in [0.25, 0.3) is 0 Å². The Morgan fingerprint density at radius 1 is 1.31 bits per heavy atom. The summed E-state index contributed by atoms with van der Waals surface area (Å²) in [6.07, 6.45) is 3.10. The van der Waals surface area contributed by atoms with Crippen molar-refractivity contribution in [3.05, 3.63) is 42.1 Å². The molecule has 8 nitrogen and oxygen atoms in total. The summed E-state index contributed by atoms with van der Waals surface area (Å²) in [4.78, 5) is 29.8. The first kappa shape index (κ1) is 17.8. The van der Waals surface area contributed by atoms with Crippen molar-refractivity contribution in [2.45, 2.75) is 32.4 Å². The second-order valence-corrected chi connectivity index (χ2v) is 5.86. The van der Waals surface area contributed by atoms with E-state index in [9.17, 15) is 9.59 Å². The summed E-state index contributed by atoms with van der Waals surface area (Å²) in [5.74, 6) is 0.468. The van der Waals surface area contributed by atoms with Crippen LogP contribution in [0, 0.1) is 0 Å². The van der Waals surface area contributed by atoms with Gasteiger partial charge >= 0.3 is 12.0 Å². The zero-order valence-corrected chi connectivity index (χ0v) is 14.7. The van der Waals surface area contributed by atoms with Crippen molar-refractivity contribution in [1.29, 1.82) is 0 Å². The van der Waals surface area contributed by atoms with Gasteiger partial charge < -0.3 is 24.1 Å². The summed E-state index contributed by atoms with van der Waals surface area (Å²) in [5, 5.41) is 2.86. The highest BCUT2D eigenvalue weighted by molar-refractivity contribution is 5.90. The standard InChI is InChI=1S/C18H21N3O5/c1-3-25-14-8-4-12(5-9-14)19-18(23)21(13-6-7-13)10-16-20-15(11-26-16)17(22)24-2/h4-5,8-9,11,13H,3,6-7,10H2,1-2H3,(H,19,23). The second kappa shape index (κ2) is 7.90. The summed E-state index contributed by atoms with van der Waals surface area (Å²) in [7, 11) is 1.28. The first-order valence-electron chi connectivity index (χ1n) is 8.44. The smallest absolute Gasteiger partial charge is 0.360 e. The molecule has 1 aromatic heterocycles. The van der Waals surface area contributed by atoms with E-state index in [1.165, 1.54) is 13.4 Å². The van der Waals surface area contributed by atoms with E-state index in [1.54, 1.807) is 29.2 Å². The number of carbonyl (C=O) groups is 2. The van der Waals surface area contributed by atoms with Gasteiger partial charge in [0.15, 0.2) is 5.69 Å². The molecule has 0 unspecified atom stereocenters. The fourth-order valence-corrected chi connectivity index (χ4v) is 2.48. The number of benzene rings is 1. The van der Waals surface area contributed by atoms with Gasteiger partial charge in [0.1, 0.15) is 12.0 Å². The summed E-state index contributed by atoms with van der Waals surface area (Å²) in [6.45, 7) is 2.69. The first-order valence-corrected chi connectivity index (χ1v) is 8.44. The predicted molar refractivity (Wildman–Crippen MR) is 93.0 cm³/mol. The number of aromatic nitrogens is 1. The quantitative estimate of drug-likeness (QED) is 0.764. The number of nitrogens with one attached hydrogen (secondary N) is 1. The highest BCUT2D eigenvalue weighted by atomic mass is 16.5. The molecule has 8 heteroatoms. The van der Waals surface area contributed by atoms with Gasteiger partial charge in [0.05, 0.1) is 20.3 Å². The Kier molecular flexibility index (Phi) is 5.40. The molecule has 1 aliphatic carbocycles. The van der Waals surface area contributed by atoms with Crippen molar-refractivity contribution in [2.24, 2.45) is 0 Å². The normalized spacial score (nSPS) is 13.2. The van der Waals surface area contributed by atoms with E-state index in [0.717, 1.165) is 18.6 Å². The topological polar surface area (TPSA) is 93.9 Å². The van der Waals surface area contributed by atoms with Crippen molar-refractivity contribution in [1.82, 2.24) is 9.88 Å². The van der Waals surface area contributed by atoms with Crippen LogP contribution in [0.5, 0.6) is 5.75 Å². The van der Waals surface area contributed by atoms with Crippen LogP contribution in [-0.2, 0) is 11.3 Å². The third-order valence-corrected chi connectivity index (χ3v) is 3.92. The van der Waals surface area contributed by atoms with E-state index >= 15 is 0 Å². The van der Waals surface area contributed by atoms with Crippen molar-refractivity contribution in [3.63, 3.8) is 0 Å². The van der Waals surface area contributed by atoms with Crippen LogP contribution in [0.4, 0.5) is 10.5 Å². The number of nitrogens with zero attached hydrogens (tertiary/aromatic N) is 2. The molecule has 2 aromatic rings. The van der Waals surface area contributed by atoms with Crippen molar-refractivity contribution in [2.75, 3.05) is 19.0 Å².